The fourth-order valence-corrected chi connectivity index (χ4v) is 5.72. The van der Waals surface area contributed by atoms with Gasteiger partial charge in [-0.05, 0) is 60.9 Å². The molecule has 1 amide bonds. The number of hydrogen-bond acceptors (Lipinski definition) is 5. The lowest BCUT2D eigenvalue weighted by atomic mass is 10.1. The van der Waals surface area contributed by atoms with E-state index in [1.807, 2.05) is 12.1 Å². The molecule has 3 aromatic rings. The van der Waals surface area contributed by atoms with E-state index in [-0.39, 0.29) is 21.0 Å². The first-order chi connectivity index (χ1) is 15.7. The number of nitrogens with one attached hydrogen (secondary N) is 1. The molecule has 1 heterocycles. The first kappa shape index (κ1) is 22.8. The van der Waals surface area contributed by atoms with Crippen LogP contribution >= 0.6 is 11.6 Å². The summed E-state index contributed by atoms with van der Waals surface area (Å²) in [5, 5.41) is 2.76. The van der Waals surface area contributed by atoms with E-state index in [1.165, 1.54) is 35.7 Å². The molecule has 1 aliphatic heterocycles. The summed E-state index contributed by atoms with van der Waals surface area (Å²) in [5.41, 5.74) is 3.09. The number of para-hydroxylation sites is 1. The van der Waals surface area contributed by atoms with E-state index in [9.17, 15) is 18.0 Å². The average molecular weight is 485 g/mol. The Morgan fingerprint density at radius 1 is 1.03 bits per heavy atom. The highest BCUT2D eigenvalue weighted by Crippen LogP contribution is 2.35. The number of nitrogens with zero attached hydrogens (tertiary/aromatic N) is 1. The molecular formula is C24H21ClN2O5S. The molecule has 7 nitrogen and oxygen atoms in total. The minimum Gasteiger partial charge on any atom is -0.465 e. The summed E-state index contributed by atoms with van der Waals surface area (Å²) in [6.07, 6.45) is 0.600. The summed E-state index contributed by atoms with van der Waals surface area (Å²) in [5.74, 6) is -1.06. The third kappa shape index (κ3) is 4.31. The Balaban J connectivity index is 1.66. The minimum atomic E-state index is -3.98. The lowest BCUT2D eigenvalue weighted by molar-refractivity contribution is 0.0600. The van der Waals surface area contributed by atoms with E-state index in [1.54, 1.807) is 31.2 Å². The number of carbonyl (C=O) groups is 2. The highest BCUT2D eigenvalue weighted by molar-refractivity contribution is 7.93. The zero-order valence-corrected chi connectivity index (χ0v) is 19.5. The lowest BCUT2D eigenvalue weighted by Crippen LogP contribution is -2.29. The maximum absolute atomic E-state index is 13.4. The SMILES string of the molecule is COC(=O)c1ccc(C)c(NC(=O)c2ccc(Cl)c(S(=O)(=O)N3CCc4ccccc43)c2)c1. The predicted octanol–water partition coefficient (Wildman–Crippen LogP) is 4.44. The topological polar surface area (TPSA) is 92.8 Å². The van der Waals surface area contributed by atoms with Gasteiger partial charge in [0.2, 0.25) is 0 Å². The molecule has 0 radical (unpaired) electrons. The van der Waals surface area contributed by atoms with Crippen LogP contribution in [0.1, 0.15) is 31.8 Å². The second kappa shape index (κ2) is 8.88. The second-order valence-electron chi connectivity index (χ2n) is 7.58. The second-order valence-corrected chi connectivity index (χ2v) is 9.81. The van der Waals surface area contributed by atoms with E-state index in [0.717, 1.165) is 11.1 Å². The number of amides is 1. The molecule has 0 fully saturated rings. The number of aryl methyl sites for hydroxylation is 1. The van der Waals surface area contributed by atoms with Gasteiger partial charge in [-0.15, -0.1) is 0 Å². The number of carbonyl (C=O) groups excluding carboxylic acids is 2. The first-order valence-corrected chi connectivity index (χ1v) is 11.9. The zero-order chi connectivity index (χ0) is 23.8. The molecule has 4 rings (SSSR count). The highest BCUT2D eigenvalue weighted by Gasteiger charge is 2.32. The molecule has 0 bridgehead atoms. The van der Waals surface area contributed by atoms with Gasteiger partial charge in [0.05, 0.1) is 23.4 Å². The van der Waals surface area contributed by atoms with Crippen molar-refractivity contribution in [1.29, 1.82) is 0 Å². The number of esters is 1. The van der Waals surface area contributed by atoms with E-state index < -0.39 is 21.9 Å². The van der Waals surface area contributed by atoms with Crippen LogP contribution in [0.25, 0.3) is 0 Å². The van der Waals surface area contributed by atoms with Gasteiger partial charge in [-0.3, -0.25) is 9.10 Å². The Morgan fingerprint density at radius 3 is 2.52 bits per heavy atom. The fourth-order valence-electron chi connectivity index (χ4n) is 3.71. The number of benzene rings is 3. The van der Waals surface area contributed by atoms with E-state index in [4.69, 9.17) is 16.3 Å². The molecule has 170 valence electrons. The number of halogens is 1. The van der Waals surface area contributed by atoms with Crippen LogP contribution in [-0.2, 0) is 21.2 Å². The van der Waals surface area contributed by atoms with E-state index in [2.05, 4.69) is 5.32 Å². The first-order valence-electron chi connectivity index (χ1n) is 10.1. The summed E-state index contributed by atoms with van der Waals surface area (Å²) in [7, 11) is -2.71. The van der Waals surface area contributed by atoms with Crippen molar-refractivity contribution in [3.8, 4) is 0 Å². The quantitative estimate of drug-likeness (QED) is 0.540. The van der Waals surface area contributed by atoms with Gasteiger partial charge in [0.1, 0.15) is 4.90 Å². The van der Waals surface area contributed by atoms with Gasteiger partial charge in [0, 0.05) is 17.8 Å². The Kier molecular flexibility index (Phi) is 6.14. The smallest absolute Gasteiger partial charge is 0.337 e. The van der Waals surface area contributed by atoms with Crippen LogP contribution in [-0.4, -0.2) is 33.9 Å². The van der Waals surface area contributed by atoms with Gasteiger partial charge in [0.25, 0.3) is 15.9 Å². The van der Waals surface area contributed by atoms with Crippen LogP contribution in [0.2, 0.25) is 5.02 Å². The van der Waals surface area contributed by atoms with Crippen LogP contribution in [0.4, 0.5) is 11.4 Å². The van der Waals surface area contributed by atoms with Crippen LogP contribution in [0.5, 0.6) is 0 Å². The summed E-state index contributed by atoms with van der Waals surface area (Å²) in [6, 6.07) is 16.2. The number of hydrogen-bond donors (Lipinski definition) is 1. The average Bonchev–Trinajstić information content (AvgIpc) is 3.25. The Hall–Kier alpha value is -3.36. The van der Waals surface area contributed by atoms with Crippen molar-refractivity contribution in [2.24, 2.45) is 0 Å². The van der Waals surface area contributed by atoms with Crippen molar-refractivity contribution >= 4 is 44.9 Å². The molecule has 1 N–H and O–H groups in total. The Labute approximate surface area is 197 Å². The van der Waals surface area contributed by atoms with Crippen LogP contribution in [0.15, 0.2) is 65.6 Å². The van der Waals surface area contributed by atoms with Crippen LogP contribution < -0.4 is 9.62 Å². The molecule has 33 heavy (non-hydrogen) atoms. The van der Waals surface area contributed by atoms with E-state index >= 15 is 0 Å². The van der Waals surface area contributed by atoms with Crippen molar-refractivity contribution in [1.82, 2.24) is 0 Å². The van der Waals surface area contributed by atoms with Crippen molar-refractivity contribution in [3.05, 3.63) is 87.9 Å². The Bertz CT molecular complexity index is 1370. The normalized spacial score (nSPS) is 12.9. The van der Waals surface area contributed by atoms with E-state index in [0.29, 0.717) is 24.3 Å². The third-order valence-electron chi connectivity index (χ3n) is 5.51. The summed E-state index contributed by atoms with van der Waals surface area (Å²) >= 11 is 6.26. The third-order valence-corrected chi connectivity index (χ3v) is 7.81. The Morgan fingerprint density at radius 2 is 1.76 bits per heavy atom. The van der Waals surface area contributed by atoms with Crippen molar-refractivity contribution in [2.75, 3.05) is 23.3 Å². The van der Waals surface area contributed by atoms with Gasteiger partial charge in [-0.25, -0.2) is 13.2 Å². The number of anilines is 2. The van der Waals surface area contributed by atoms with Crippen molar-refractivity contribution in [3.63, 3.8) is 0 Å². The molecule has 3 aromatic carbocycles. The van der Waals surface area contributed by atoms with Gasteiger partial charge >= 0.3 is 5.97 Å². The molecule has 0 unspecified atom stereocenters. The standard InChI is InChI=1S/C24H21ClN2O5S/c1-15-7-8-18(24(29)32-2)13-20(15)26-23(28)17-9-10-19(25)22(14-17)33(30,31)27-12-11-16-5-3-4-6-21(16)27/h3-10,13-14H,11-12H2,1-2H3,(H,26,28). The maximum Gasteiger partial charge on any atom is 0.337 e. The molecule has 0 saturated heterocycles. The van der Waals surface area contributed by atoms with Gasteiger partial charge in [-0.1, -0.05) is 35.9 Å². The molecular weight excluding hydrogens is 464 g/mol. The molecule has 0 aromatic heterocycles. The van der Waals surface area contributed by atoms with Gasteiger partial charge in [0.15, 0.2) is 0 Å². The summed E-state index contributed by atoms with van der Waals surface area (Å²) < 4.78 is 32.9. The molecule has 9 heteroatoms. The number of sulfonamides is 1. The largest absolute Gasteiger partial charge is 0.465 e. The number of fused-ring (bicyclic) bond motifs is 1. The fraction of sp³-hybridized carbons (Fsp3) is 0.167. The lowest BCUT2D eigenvalue weighted by Gasteiger charge is -2.20. The minimum absolute atomic E-state index is 0.0276. The molecule has 0 spiro atoms. The predicted molar refractivity (Wildman–Crippen MR) is 127 cm³/mol. The van der Waals surface area contributed by atoms with Crippen molar-refractivity contribution < 1.29 is 22.7 Å². The van der Waals surface area contributed by atoms with Crippen LogP contribution in [0, 0.1) is 6.92 Å². The van der Waals surface area contributed by atoms with Crippen molar-refractivity contribution in [2.45, 2.75) is 18.2 Å². The number of methoxy groups -OCH3 is 1. The maximum atomic E-state index is 13.4. The molecule has 0 aliphatic carbocycles. The summed E-state index contributed by atoms with van der Waals surface area (Å²) in [4.78, 5) is 24.6. The van der Waals surface area contributed by atoms with Crippen LogP contribution in [0.3, 0.4) is 0 Å². The van der Waals surface area contributed by atoms with Gasteiger partial charge in [-0.2, -0.15) is 0 Å². The molecule has 1 aliphatic rings. The van der Waals surface area contributed by atoms with Gasteiger partial charge < -0.3 is 10.1 Å². The monoisotopic (exact) mass is 484 g/mol. The molecule has 0 saturated carbocycles. The number of rotatable bonds is 5. The summed E-state index contributed by atoms with van der Waals surface area (Å²) in [6.45, 7) is 2.08. The molecule has 0 atom stereocenters. The highest BCUT2D eigenvalue weighted by atomic mass is 35.5. The zero-order valence-electron chi connectivity index (χ0n) is 18.0. The number of ether oxygens (including phenoxy) is 1.